The van der Waals surface area contributed by atoms with Crippen molar-refractivity contribution in [3.8, 4) is 0 Å². The average Bonchev–Trinajstić information content (AvgIpc) is 2.66. The maximum atomic E-state index is 14.5. The molecule has 2 heterocycles. The lowest BCUT2D eigenvalue weighted by Crippen LogP contribution is -2.71. The van der Waals surface area contributed by atoms with Crippen molar-refractivity contribution in [2.75, 3.05) is 0 Å². The maximum Gasteiger partial charge on any atom is 0.393 e. The molecule has 2 aliphatic heterocycles. The first kappa shape index (κ1) is 26.6. The fraction of sp³-hybridized carbons (Fsp3) is 0.900. The maximum absolute atomic E-state index is 14.5. The SMILES string of the molecule is C[C@@H]1CCC[C@H](C)N1C(=O)C(F)(F)C(F)(F)C(F)(F)C(F)(F)C(=O)N1[C@H](C)CCC[C@@H]1C. The monoisotopic (exact) mass is 480 g/mol. The van der Waals surface area contributed by atoms with Crippen LogP contribution < -0.4 is 0 Å². The zero-order chi connectivity index (χ0) is 24.9. The largest absolute Gasteiger partial charge is 0.393 e. The van der Waals surface area contributed by atoms with Crippen molar-refractivity contribution >= 4 is 11.8 Å². The Labute approximate surface area is 181 Å². The van der Waals surface area contributed by atoms with Gasteiger partial charge in [-0.1, -0.05) is 0 Å². The summed E-state index contributed by atoms with van der Waals surface area (Å²) in [6, 6.07) is -3.89. The molecule has 2 saturated heterocycles. The van der Waals surface area contributed by atoms with E-state index in [9.17, 15) is 44.7 Å². The molecule has 0 spiro atoms. The van der Waals surface area contributed by atoms with Gasteiger partial charge in [-0.05, 0) is 66.2 Å². The van der Waals surface area contributed by atoms with Gasteiger partial charge >= 0.3 is 23.7 Å². The van der Waals surface area contributed by atoms with E-state index in [2.05, 4.69) is 0 Å². The molecule has 0 aromatic rings. The lowest BCUT2D eigenvalue weighted by atomic mass is 9.91. The van der Waals surface area contributed by atoms with E-state index in [-0.39, 0.29) is 25.7 Å². The summed E-state index contributed by atoms with van der Waals surface area (Å²) in [6.07, 6.45) is 1.62. The van der Waals surface area contributed by atoms with Crippen LogP contribution in [-0.2, 0) is 9.59 Å². The first-order valence-corrected chi connectivity index (χ1v) is 10.6. The highest BCUT2D eigenvalue weighted by Gasteiger charge is 2.85. The molecular weight excluding hydrogens is 452 g/mol. The fourth-order valence-corrected chi connectivity index (χ4v) is 4.63. The Hall–Kier alpha value is -1.62. The number of halogens is 8. The molecule has 0 aliphatic carbocycles. The second kappa shape index (κ2) is 8.62. The summed E-state index contributed by atoms with van der Waals surface area (Å²) in [5.41, 5.74) is 0. The predicted octanol–water partition coefficient (Wildman–Crippen LogP) is 5.11. The molecule has 4 atom stereocenters. The van der Waals surface area contributed by atoms with E-state index in [0.717, 1.165) is 0 Å². The third-order valence-corrected chi connectivity index (χ3v) is 6.58. The smallest absolute Gasteiger partial charge is 0.332 e. The number of hydrogen-bond donors (Lipinski definition) is 0. The number of likely N-dealkylation sites (tertiary alicyclic amines) is 2. The van der Waals surface area contributed by atoms with E-state index in [0.29, 0.717) is 22.6 Å². The van der Waals surface area contributed by atoms with Crippen molar-refractivity contribution < 1.29 is 44.7 Å². The molecule has 186 valence electrons. The highest BCUT2D eigenvalue weighted by Crippen LogP contribution is 2.54. The second-order valence-electron chi connectivity index (χ2n) is 8.98. The van der Waals surface area contributed by atoms with E-state index in [4.69, 9.17) is 0 Å². The number of alkyl halides is 8. The molecule has 0 N–H and O–H groups in total. The van der Waals surface area contributed by atoms with Crippen LogP contribution in [0.3, 0.4) is 0 Å². The summed E-state index contributed by atoms with van der Waals surface area (Å²) in [5, 5.41) is 0. The Morgan fingerprint density at radius 1 is 0.562 bits per heavy atom. The van der Waals surface area contributed by atoms with E-state index < -0.39 is 59.7 Å². The topological polar surface area (TPSA) is 40.6 Å². The molecule has 12 heteroatoms. The lowest BCUT2D eigenvalue weighted by Gasteiger charge is -2.45. The molecule has 0 bridgehead atoms. The van der Waals surface area contributed by atoms with Gasteiger partial charge in [0.2, 0.25) is 0 Å². The third kappa shape index (κ3) is 3.95. The number of hydrogen-bond acceptors (Lipinski definition) is 2. The van der Waals surface area contributed by atoms with Gasteiger partial charge < -0.3 is 9.80 Å². The second-order valence-corrected chi connectivity index (χ2v) is 8.98. The normalized spacial score (nSPS) is 28.6. The number of carbonyl (C=O) groups is 2. The fourth-order valence-electron chi connectivity index (χ4n) is 4.63. The Morgan fingerprint density at radius 2 is 0.781 bits per heavy atom. The number of piperidine rings is 2. The van der Waals surface area contributed by atoms with Gasteiger partial charge in [-0.3, -0.25) is 9.59 Å². The van der Waals surface area contributed by atoms with E-state index in [1.165, 1.54) is 27.7 Å². The summed E-state index contributed by atoms with van der Waals surface area (Å²) in [4.78, 5) is 25.2. The van der Waals surface area contributed by atoms with Gasteiger partial charge in [0.1, 0.15) is 0 Å². The van der Waals surface area contributed by atoms with Crippen LogP contribution in [0, 0.1) is 0 Å². The summed E-state index contributed by atoms with van der Waals surface area (Å²) >= 11 is 0. The molecular formula is C20H28F8N2O2. The molecule has 2 aliphatic rings. The standard InChI is InChI=1S/C20H28F8N2O2/c1-11-7-5-8-12(2)29(11)15(31)17(21,22)19(25,26)20(27,28)18(23,24)16(32)30-13(3)9-6-10-14(30)4/h11-14H,5-10H2,1-4H3/t11-,12+,13-,14+. The number of carbonyl (C=O) groups excluding carboxylic acids is 2. The van der Waals surface area contributed by atoms with Gasteiger partial charge in [0.05, 0.1) is 0 Å². The van der Waals surface area contributed by atoms with Gasteiger partial charge in [-0.15, -0.1) is 0 Å². The minimum atomic E-state index is -6.82. The van der Waals surface area contributed by atoms with E-state index in [1.807, 2.05) is 0 Å². The molecule has 2 fully saturated rings. The molecule has 0 unspecified atom stereocenters. The van der Waals surface area contributed by atoms with Crippen LogP contribution in [0.5, 0.6) is 0 Å². The van der Waals surface area contributed by atoms with Crippen molar-refractivity contribution in [1.29, 1.82) is 0 Å². The predicted molar refractivity (Wildman–Crippen MR) is 99.0 cm³/mol. The van der Waals surface area contributed by atoms with Crippen LogP contribution >= 0.6 is 0 Å². The Morgan fingerprint density at radius 3 is 1.00 bits per heavy atom. The Kier molecular flexibility index (Phi) is 7.18. The van der Waals surface area contributed by atoms with Gasteiger partial charge in [0, 0.05) is 24.2 Å². The van der Waals surface area contributed by atoms with Crippen LogP contribution in [0.1, 0.15) is 66.2 Å². The van der Waals surface area contributed by atoms with Crippen molar-refractivity contribution in [2.45, 2.75) is 114 Å². The highest BCUT2D eigenvalue weighted by atomic mass is 19.4. The quantitative estimate of drug-likeness (QED) is 0.514. The first-order valence-electron chi connectivity index (χ1n) is 10.6. The summed E-state index contributed by atoms with van der Waals surface area (Å²) in [7, 11) is 0. The molecule has 2 rings (SSSR count). The zero-order valence-corrected chi connectivity index (χ0v) is 18.3. The molecule has 2 amide bonds. The average molecular weight is 480 g/mol. The number of rotatable bonds is 5. The summed E-state index contributed by atoms with van der Waals surface area (Å²) < 4.78 is 116. The van der Waals surface area contributed by atoms with E-state index in [1.54, 1.807) is 0 Å². The minimum absolute atomic E-state index is 0.160. The minimum Gasteiger partial charge on any atom is -0.332 e. The Bertz CT molecular complexity index is 650. The molecule has 32 heavy (non-hydrogen) atoms. The highest BCUT2D eigenvalue weighted by molar-refractivity contribution is 5.88. The Balaban J connectivity index is 2.42. The van der Waals surface area contributed by atoms with Crippen molar-refractivity contribution in [3.63, 3.8) is 0 Å². The lowest BCUT2D eigenvalue weighted by molar-refractivity contribution is -0.351. The molecule has 4 nitrogen and oxygen atoms in total. The molecule has 0 aromatic heterocycles. The third-order valence-electron chi connectivity index (χ3n) is 6.58. The van der Waals surface area contributed by atoms with Crippen molar-refractivity contribution in [1.82, 2.24) is 9.80 Å². The number of nitrogens with zero attached hydrogens (tertiary/aromatic N) is 2. The van der Waals surface area contributed by atoms with Crippen LogP contribution in [-0.4, -0.2) is 69.5 Å². The van der Waals surface area contributed by atoms with Crippen LogP contribution in [0.2, 0.25) is 0 Å². The van der Waals surface area contributed by atoms with Crippen LogP contribution in [0.15, 0.2) is 0 Å². The van der Waals surface area contributed by atoms with Gasteiger partial charge in [0.15, 0.2) is 0 Å². The van der Waals surface area contributed by atoms with Gasteiger partial charge in [-0.2, -0.15) is 35.1 Å². The first-order chi connectivity index (χ1) is 14.4. The summed E-state index contributed by atoms with van der Waals surface area (Å²) in [6.45, 7) is 5.10. The summed E-state index contributed by atoms with van der Waals surface area (Å²) in [5.74, 6) is -31.3. The van der Waals surface area contributed by atoms with Gasteiger partial charge in [0.25, 0.3) is 11.8 Å². The number of amides is 2. The van der Waals surface area contributed by atoms with Crippen molar-refractivity contribution in [2.24, 2.45) is 0 Å². The van der Waals surface area contributed by atoms with E-state index >= 15 is 0 Å². The van der Waals surface area contributed by atoms with Crippen LogP contribution in [0.25, 0.3) is 0 Å². The molecule has 0 aromatic carbocycles. The zero-order valence-electron chi connectivity index (χ0n) is 18.3. The molecule has 0 saturated carbocycles. The molecule has 0 radical (unpaired) electrons. The van der Waals surface area contributed by atoms with Crippen molar-refractivity contribution in [3.05, 3.63) is 0 Å². The van der Waals surface area contributed by atoms with Crippen LogP contribution in [0.4, 0.5) is 35.1 Å². The van der Waals surface area contributed by atoms with Gasteiger partial charge in [-0.25, -0.2) is 0 Å².